The summed E-state index contributed by atoms with van der Waals surface area (Å²) in [5.41, 5.74) is 0. The molecule has 2 aliphatic heterocycles. The van der Waals surface area contributed by atoms with Gasteiger partial charge in [-0.05, 0) is 54.5 Å². The second-order valence-electron chi connectivity index (χ2n) is 6.71. The van der Waals surface area contributed by atoms with Gasteiger partial charge < -0.3 is 10.6 Å². The summed E-state index contributed by atoms with van der Waals surface area (Å²) in [7, 11) is 0. The second kappa shape index (κ2) is 8.00. The van der Waals surface area contributed by atoms with Gasteiger partial charge in [0.25, 0.3) is 0 Å². The second-order valence-corrected chi connectivity index (χ2v) is 8.67. The Hall–Kier alpha value is -0.880. The lowest BCUT2D eigenvalue weighted by Crippen LogP contribution is -2.40. The monoisotopic (exact) mass is 382 g/mol. The van der Waals surface area contributed by atoms with Crippen LogP contribution in [0.15, 0.2) is 35.0 Å². The molecule has 6 heteroatoms. The van der Waals surface area contributed by atoms with Crippen molar-refractivity contribution in [2.24, 2.45) is 5.92 Å². The molecule has 4 heterocycles. The molecule has 4 rings (SSSR count). The van der Waals surface area contributed by atoms with E-state index < -0.39 is 0 Å². The van der Waals surface area contributed by atoms with Crippen molar-refractivity contribution >= 4 is 41.0 Å². The van der Waals surface area contributed by atoms with Gasteiger partial charge in [-0.3, -0.25) is 4.79 Å². The lowest BCUT2D eigenvalue weighted by molar-refractivity contribution is -0.122. The highest BCUT2D eigenvalue weighted by Crippen LogP contribution is 2.33. The number of hydrogen-bond donors (Lipinski definition) is 2. The van der Waals surface area contributed by atoms with Crippen LogP contribution in [0.25, 0.3) is 0 Å². The fourth-order valence-corrected chi connectivity index (χ4v) is 5.68. The highest BCUT2D eigenvalue weighted by atomic mass is 35.5. The maximum Gasteiger partial charge on any atom is 0.221 e. The molecule has 0 spiro atoms. The summed E-state index contributed by atoms with van der Waals surface area (Å²) in [6.45, 7) is 0. The van der Waals surface area contributed by atoms with Gasteiger partial charge in [-0.1, -0.05) is 12.1 Å². The first-order valence-corrected chi connectivity index (χ1v) is 10.2. The molecule has 24 heavy (non-hydrogen) atoms. The summed E-state index contributed by atoms with van der Waals surface area (Å²) in [6, 6.07) is 9.64. The van der Waals surface area contributed by atoms with Crippen LogP contribution in [0.1, 0.15) is 47.9 Å². The number of nitrogens with one attached hydrogen (secondary N) is 2. The third-order valence-corrected chi connectivity index (χ3v) is 6.88. The van der Waals surface area contributed by atoms with Crippen molar-refractivity contribution in [3.63, 3.8) is 0 Å². The Morgan fingerprint density at radius 3 is 2.21 bits per heavy atom. The van der Waals surface area contributed by atoms with Gasteiger partial charge in [-0.25, -0.2) is 0 Å². The smallest absolute Gasteiger partial charge is 0.221 e. The summed E-state index contributed by atoms with van der Waals surface area (Å²) in [5, 5.41) is 11.1. The van der Waals surface area contributed by atoms with Gasteiger partial charge in [-0.15, -0.1) is 35.1 Å². The first kappa shape index (κ1) is 17.9. The van der Waals surface area contributed by atoms with Gasteiger partial charge in [0.1, 0.15) is 0 Å². The van der Waals surface area contributed by atoms with Crippen LogP contribution in [-0.2, 0) is 4.79 Å². The highest BCUT2D eigenvalue weighted by Gasteiger charge is 2.34. The van der Waals surface area contributed by atoms with Gasteiger partial charge in [0.15, 0.2) is 0 Å². The maximum absolute atomic E-state index is 12.6. The molecule has 3 nitrogen and oxygen atoms in total. The van der Waals surface area contributed by atoms with E-state index in [1.54, 1.807) is 22.7 Å². The Kier molecular flexibility index (Phi) is 5.98. The standard InChI is InChI=1S/C18H22N2OS2.ClH/c21-17(11-12-9-13-5-6-14(10-12)19-13)20-18(15-3-1-7-22-15)16-4-2-8-23-16;/h1-4,7-8,12-14,18-19H,5-6,9-11H2,(H,20,21);1H. The number of halogens is 1. The molecule has 2 aromatic rings. The van der Waals surface area contributed by atoms with Crippen molar-refractivity contribution in [1.82, 2.24) is 10.6 Å². The van der Waals surface area contributed by atoms with Gasteiger partial charge in [-0.2, -0.15) is 0 Å². The van der Waals surface area contributed by atoms with Crippen molar-refractivity contribution in [2.45, 2.75) is 50.2 Å². The van der Waals surface area contributed by atoms with Crippen molar-refractivity contribution < 1.29 is 4.79 Å². The van der Waals surface area contributed by atoms with E-state index in [2.05, 4.69) is 45.7 Å². The Bertz CT molecular complexity index is 598. The molecule has 2 fully saturated rings. The van der Waals surface area contributed by atoms with Crippen LogP contribution in [0.4, 0.5) is 0 Å². The molecular formula is C18H23ClN2OS2. The van der Waals surface area contributed by atoms with Crippen LogP contribution < -0.4 is 10.6 Å². The molecule has 2 atom stereocenters. The van der Waals surface area contributed by atoms with Crippen LogP contribution in [-0.4, -0.2) is 18.0 Å². The summed E-state index contributed by atoms with van der Waals surface area (Å²) < 4.78 is 0. The molecule has 2 N–H and O–H groups in total. The minimum Gasteiger partial charge on any atom is -0.344 e. The van der Waals surface area contributed by atoms with Gasteiger partial charge in [0.2, 0.25) is 5.91 Å². The fraction of sp³-hybridized carbons (Fsp3) is 0.500. The van der Waals surface area contributed by atoms with Crippen LogP contribution in [0.3, 0.4) is 0 Å². The van der Waals surface area contributed by atoms with E-state index in [1.165, 1.54) is 22.6 Å². The molecule has 0 aliphatic carbocycles. The molecule has 0 radical (unpaired) electrons. The Labute approximate surface area is 157 Å². The quantitative estimate of drug-likeness (QED) is 0.806. The van der Waals surface area contributed by atoms with E-state index in [0.717, 1.165) is 12.8 Å². The summed E-state index contributed by atoms with van der Waals surface area (Å²) >= 11 is 3.42. The minimum atomic E-state index is 0. The molecule has 2 saturated heterocycles. The molecule has 2 unspecified atom stereocenters. The van der Waals surface area contributed by atoms with Crippen molar-refractivity contribution in [1.29, 1.82) is 0 Å². The zero-order valence-corrected chi connectivity index (χ0v) is 15.9. The first-order valence-electron chi connectivity index (χ1n) is 8.40. The molecular weight excluding hydrogens is 360 g/mol. The largest absolute Gasteiger partial charge is 0.344 e. The highest BCUT2D eigenvalue weighted by molar-refractivity contribution is 7.11. The van der Waals surface area contributed by atoms with Crippen molar-refractivity contribution in [3.05, 3.63) is 44.8 Å². The van der Waals surface area contributed by atoms with Crippen LogP contribution in [0.2, 0.25) is 0 Å². The number of hydrogen-bond acceptors (Lipinski definition) is 4. The lowest BCUT2D eigenvalue weighted by Gasteiger charge is -2.29. The molecule has 2 bridgehead atoms. The van der Waals surface area contributed by atoms with E-state index in [9.17, 15) is 4.79 Å². The van der Waals surface area contributed by atoms with E-state index in [-0.39, 0.29) is 24.4 Å². The predicted molar refractivity (Wildman–Crippen MR) is 103 cm³/mol. The van der Waals surface area contributed by atoms with Crippen molar-refractivity contribution in [2.75, 3.05) is 0 Å². The van der Waals surface area contributed by atoms with Crippen LogP contribution in [0.5, 0.6) is 0 Å². The number of carbonyl (C=O) groups is 1. The van der Waals surface area contributed by atoms with E-state index >= 15 is 0 Å². The minimum absolute atomic E-state index is 0. The zero-order valence-electron chi connectivity index (χ0n) is 13.4. The SMILES string of the molecule is Cl.O=C(CC1CC2CCC(C1)N2)NC(c1cccs1)c1cccs1. The third kappa shape index (κ3) is 4.02. The number of fused-ring (bicyclic) bond motifs is 2. The molecule has 1 amide bonds. The number of amides is 1. The summed E-state index contributed by atoms with van der Waals surface area (Å²) in [6.07, 6.45) is 5.56. The molecule has 130 valence electrons. The molecule has 2 aliphatic rings. The summed E-state index contributed by atoms with van der Waals surface area (Å²) in [5.74, 6) is 0.740. The van der Waals surface area contributed by atoms with E-state index in [0.29, 0.717) is 24.4 Å². The van der Waals surface area contributed by atoms with Gasteiger partial charge in [0, 0.05) is 28.3 Å². The zero-order chi connectivity index (χ0) is 15.6. The third-order valence-electron chi connectivity index (χ3n) is 5.01. The van der Waals surface area contributed by atoms with E-state index in [4.69, 9.17) is 0 Å². The van der Waals surface area contributed by atoms with Gasteiger partial charge >= 0.3 is 0 Å². The van der Waals surface area contributed by atoms with E-state index in [1.807, 2.05) is 0 Å². The lowest BCUT2D eigenvalue weighted by atomic mass is 9.89. The van der Waals surface area contributed by atoms with Crippen molar-refractivity contribution in [3.8, 4) is 0 Å². The first-order chi connectivity index (χ1) is 11.3. The predicted octanol–water partition coefficient (Wildman–Crippen LogP) is 4.36. The Morgan fingerprint density at radius 1 is 1.12 bits per heavy atom. The average Bonchev–Trinajstić information content (AvgIpc) is 3.27. The van der Waals surface area contributed by atoms with Gasteiger partial charge in [0.05, 0.1) is 6.04 Å². The Balaban J connectivity index is 0.00000169. The molecule has 0 aromatic carbocycles. The van der Waals surface area contributed by atoms with Crippen LogP contribution in [0, 0.1) is 5.92 Å². The number of rotatable bonds is 5. The normalized spacial score (nSPS) is 25.5. The molecule has 2 aromatic heterocycles. The number of thiophene rings is 2. The average molecular weight is 383 g/mol. The fourth-order valence-electron chi connectivity index (χ4n) is 4.02. The topological polar surface area (TPSA) is 41.1 Å². The molecule has 0 saturated carbocycles. The number of carbonyl (C=O) groups excluding carboxylic acids is 1. The summed E-state index contributed by atoms with van der Waals surface area (Å²) in [4.78, 5) is 15.1. The number of piperidine rings is 1. The Morgan fingerprint density at radius 2 is 1.71 bits per heavy atom. The maximum atomic E-state index is 12.6. The van der Waals surface area contributed by atoms with Crippen LogP contribution >= 0.6 is 35.1 Å².